The fourth-order valence-electron chi connectivity index (χ4n) is 1.72. The van der Waals surface area contributed by atoms with Crippen molar-refractivity contribution in [3.8, 4) is 5.75 Å². The number of hydrogen-bond acceptors (Lipinski definition) is 3. The lowest BCUT2D eigenvalue weighted by atomic mass is 10.1. The number of fused-ring (bicyclic) bond motifs is 1. The van der Waals surface area contributed by atoms with E-state index in [4.69, 9.17) is 5.73 Å². The van der Waals surface area contributed by atoms with Crippen LogP contribution < -0.4 is 5.73 Å². The number of aromatic amines is 1. The number of phenolic OH excluding ortho intramolecular Hbond substituents is 1. The van der Waals surface area contributed by atoms with Gasteiger partial charge in [0, 0.05) is 22.7 Å². The summed E-state index contributed by atoms with van der Waals surface area (Å²) in [5, 5.41) is 20.0. The fraction of sp³-hybridized carbons (Fsp3) is 0.273. The van der Waals surface area contributed by atoms with Gasteiger partial charge in [0.25, 0.3) is 0 Å². The number of nitrogens with two attached hydrogens (primary N) is 1. The van der Waals surface area contributed by atoms with Gasteiger partial charge in [-0.2, -0.15) is 0 Å². The Kier molecular flexibility index (Phi) is 2.62. The standard InChI is InChI=1S/C11H14N2O2/c12-4-3-11(15)9-6-13-10-2-1-7(14)5-8(9)10/h1-2,5-6,11,13-15H,3-4,12H2. The first-order valence-electron chi connectivity index (χ1n) is 4.90. The third kappa shape index (κ3) is 1.82. The SMILES string of the molecule is NCCC(O)c1c[nH]c2ccc(O)cc12. The molecule has 1 aromatic carbocycles. The van der Waals surface area contributed by atoms with Gasteiger partial charge in [-0.05, 0) is 31.2 Å². The minimum atomic E-state index is -0.578. The Hall–Kier alpha value is -1.52. The molecule has 0 radical (unpaired) electrons. The van der Waals surface area contributed by atoms with Crippen LogP contribution in [-0.4, -0.2) is 21.7 Å². The molecule has 0 bridgehead atoms. The van der Waals surface area contributed by atoms with Crippen molar-refractivity contribution in [1.29, 1.82) is 0 Å². The molecule has 1 heterocycles. The van der Waals surface area contributed by atoms with Crippen LogP contribution in [0.5, 0.6) is 5.75 Å². The summed E-state index contributed by atoms with van der Waals surface area (Å²) in [7, 11) is 0. The molecule has 5 N–H and O–H groups in total. The maximum absolute atomic E-state index is 9.82. The molecule has 1 unspecified atom stereocenters. The van der Waals surface area contributed by atoms with Crippen molar-refractivity contribution < 1.29 is 10.2 Å². The highest BCUT2D eigenvalue weighted by Gasteiger charge is 2.12. The summed E-state index contributed by atoms with van der Waals surface area (Å²) in [4.78, 5) is 3.04. The number of aromatic nitrogens is 1. The number of hydrogen-bond donors (Lipinski definition) is 4. The van der Waals surface area contributed by atoms with Gasteiger partial charge in [0.2, 0.25) is 0 Å². The minimum Gasteiger partial charge on any atom is -0.508 e. The lowest BCUT2D eigenvalue weighted by Gasteiger charge is -2.07. The molecule has 0 saturated carbocycles. The molecule has 1 atom stereocenters. The van der Waals surface area contributed by atoms with Gasteiger partial charge < -0.3 is 20.9 Å². The average Bonchev–Trinajstić information content (AvgIpc) is 2.60. The number of aromatic hydroxyl groups is 1. The maximum Gasteiger partial charge on any atom is 0.116 e. The molecular formula is C11H14N2O2. The smallest absolute Gasteiger partial charge is 0.116 e. The van der Waals surface area contributed by atoms with Gasteiger partial charge in [-0.3, -0.25) is 0 Å². The van der Waals surface area contributed by atoms with E-state index in [1.165, 1.54) is 0 Å². The van der Waals surface area contributed by atoms with Crippen LogP contribution in [0.3, 0.4) is 0 Å². The van der Waals surface area contributed by atoms with Crippen LogP contribution in [0.25, 0.3) is 10.9 Å². The maximum atomic E-state index is 9.82. The van der Waals surface area contributed by atoms with Crippen LogP contribution >= 0.6 is 0 Å². The lowest BCUT2D eigenvalue weighted by molar-refractivity contribution is 0.172. The predicted molar refractivity (Wildman–Crippen MR) is 58.6 cm³/mol. The summed E-state index contributed by atoms with van der Waals surface area (Å²) in [6.45, 7) is 0.437. The molecule has 0 amide bonds. The summed E-state index contributed by atoms with van der Waals surface area (Å²) in [6, 6.07) is 5.03. The van der Waals surface area contributed by atoms with Gasteiger partial charge in [-0.15, -0.1) is 0 Å². The quantitative estimate of drug-likeness (QED) is 0.610. The van der Waals surface area contributed by atoms with Crippen LogP contribution in [0.15, 0.2) is 24.4 Å². The Morgan fingerprint density at radius 1 is 1.40 bits per heavy atom. The largest absolute Gasteiger partial charge is 0.508 e. The molecule has 4 heteroatoms. The third-order valence-electron chi connectivity index (χ3n) is 2.50. The first kappa shape index (κ1) is 10.0. The number of aliphatic hydroxyl groups is 1. The monoisotopic (exact) mass is 206 g/mol. The van der Waals surface area contributed by atoms with Crippen molar-refractivity contribution in [2.45, 2.75) is 12.5 Å². The van der Waals surface area contributed by atoms with Crippen molar-refractivity contribution in [3.63, 3.8) is 0 Å². The molecule has 0 aliphatic carbocycles. The summed E-state index contributed by atoms with van der Waals surface area (Å²) in [5.74, 6) is 0.197. The second-order valence-corrected chi connectivity index (χ2v) is 3.57. The second-order valence-electron chi connectivity index (χ2n) is 3.57. The van der Waals surface area contributed by atoms with Crippen molar-refractivity contribution in [2.24, 2.45) is 5.73 Å². The molecule has 0 spiro atoms. The van der Waals surface area contributed by atoms with Crippen molar-refractivity contribution in [1.82, 2.24) is 4.98 Å². The summed E-state index contributed by atoms with van der Waals surface area (Å²) in [6.07, 6.45) is 1.69. The van der Waals surface area contributed by atoms with Crippen LogP contribution in [0, 0.1) is 0 Å². The molecule has 0 aliphatic rings. The fourth-order valence-corrected chi connectivity index (χ4v) is 1.72. The molecule has 0 fully saturated rings. The van der Waals surface area contributed by atoms with Gasteiger partial charge in [-0.25, -0.2) is 0 Å². The Morgan fingerprint density at radius 3 is 2.93 bits per heavy atom. The van der Waals surface area contributed by atoms with E-state index < -0.39 is 6.10 Å². The zero-order valence-electron chi connectivity index (χ0n) is 8.27. The summed E-state index contributed by atoms with van der Waals surface area (Å²) in [5.41, 5.74) is 7.08. The first-order valence-corrected chi connectivity index (χ1v) is 4.90. The van der Waals surface area contributed by atoms with Gasteiger partial charge >= 0.3 is 0 Å². The van der Waals surface area contributed by atoms with E-state index >= 15 is 0 Å². The van der Waals surface area contributed by atoms with E-state index in [0.29, 0.717) is 13.0 Å². The molecular weight excluding hydrogens is 192 g/mol. The molecule has 15 heavy (non-hydrogen) atoms. The minimum absolute atomic E-state index is 0.197. The number of H-pyrrole nitrogens is 1. The number of nitrogens with one attached hydrogen (secondary N) is 1. The highest BCUT2D eigenvalue weighted by Crippen LogP contribution is 2.28. The van der Waals surface area contributed by atoms with Crippen molar-refractivity contribution in [3.05, 3.63) is 30.0 Å². The van der Waals surface area contributed by atoms with E-state index in [-0.39, 0.29) is 5.75 Å². The normalized spacial score (nSPS) is 13.2. The topological polar surface area (TPSA) is 82.3 Å². The van der Waals surface area contributed by atoms with Crippen molar-refractivity contribution >= 4 is 10.9 Å². The summed E-state index contributed by atoms with van der Waals surface area (Å²) >= 11 is 0. The van der Waals surface area contributed by atoms with Crippen LogP contribution in [0.4, 0.5) is 0 Å². The number of rotatable bonds is 3. The predicted octanol–water partition coefficient (Wildman–Crippen LogP) is 1.26. The summed E-state index contributed by atoms with van der Waals surface area (Å²) < 4.78 is 0. The van der Waals surface area contributed by atoms with E-state index in [1.54, 1.807) is 24.4 Å². The van der Waals surface area contributed by atoms with Gasteiger partial charge in [0.1, 0.15) is 5.75 Å². The van der Waals surface area contributed by atoms with E-state index in [1.807, 2.05) is 0 Å². The Balaban J connectivity index is 2.47. The molecule has 80 valence electrons. The zero-order chi connectivity index (χ0) is 10.8. The van der Waals surface area contributed by atoms with E-state index in [0.717, 1.165) is 16.5 Å². The van der Waals surface area contributed by atoms with Crippen molar-refractivity contribution in [2.75, 3.05) is 6.54 Å². The second kappa shape index (κ2) is 3.92. The van der Waals surface area contributed by atoms with E-state index in [9.17, 15) is 10.2 Å². The molecule has 2 rings (SSSR count). The molecule has 0 aliphatic heterocycles. The number of benzene rings is 1. The molecule has 4 nitrogen and oxygen atoms in total. The van der Waals surface area contributed by atoms with Gasteiger partial charge in [0.05, 0.1) is 6.10 Å². The van der Waals surface area contributed by atoms with Gasteiger partial charge in [-0.1, -0.05) is 0 Å². The zero-order valence-corrected chi connectivity index (χ0v) is 8.27. The van der Waals surface area contributed by atoms with Gasteiger partial charge in [0.15, 0.2) is 0 Å². The van der Waals surface area contributed by atoms with Crippen LogP contribution in [0.1, 0.15) is 18.1 Å². The third-order valence-corrected chi connectivity index (χ3v) is 2.50. The highest BCUT2D eigenvalue weighted by atomic mass is 16.3. The molecule has 0 saturated heterocycles. The average molecular weight is 206 g/mol. The Morgan fingerprint density at radius 2 is 2.20 bits per heavy atom. The molecule has 1 aromatic heterocycles. The van der Waals surface area contributed by atoms with Crippen LogP contribution in [0.2, 0.25) is 0 Å². The number of phenols is 1. The Bertz CT molecular complexity index is 465. The highest BCUT2D eigenvalue weighted by molar-refractivity contribution is 5.84. The molecule has 2 aromatic rings. The Labute approximate surface area is 87.3 Å². The van der Waals surface area contributed by atoms with E-state index in [2.05, 4.69) is 4.98 Å². The lowest BCUT2D eigenvalue weighted by Crippen LogP contribution is -2.06. The number of aliphatic hydroxyl groups excluding tert-OH is 1. The first-order chi connectivity index (χ1) is 7.22. The van der Waals surface area contributed by atoms with Crippen LogP contribution in [-0.2, 0) is 0 Å².